The molecule has 39 heavy (non-hydrogen) atoms. The summed E-state index contributed by atoms with van der Waals surface area (Å²) in [5.74, 6) is -0.855. The lowest BCUT2D eigenvalue weighted by atomic mass is 10.0. The number of halogens is 1. The van der Waals surface area contributed by atoms with Crippen molar-refractivity contribution in [1.29, 1.82) is 0 Å². The van der Waals surface area contributed by atoms with Gasteiger partial charge >= 0.3 is 0 Å². The third kappa shape index (κ3) is 6.03. The van der Waals surface area contributed by atoms with E-state index in [1.807, 2.05) is 26.8 Å². The number of aliphatic hydroxyl groups excluding tert-OH is 1. The highest BCUT2D eigenvalue weighted by atomic mass is 19.1. The monoisotopic (exact) mass is 539 g/mol. The minimum Gasteiger partial charge on any atom is -0.486 e. The van der Waals surface area contributed by atoms with Crippen LogP contribution in [-0.4, -0.2) is 69.1 Å². The van der Waals surface area contributed by atoms with Crippen LogP contribution >= 0.6 is 0 Å². The van der Waals surface area contributed by atoms with E-state index >= 15 is 0 Å². The van der Waals surface area contributed by atoms with Crippen LogP contribution in [0.5, 0.6) is 5.75 Å². The Kier molecular flexibility index (Phi) is 8.49. The number of nitrogens with one attached hydrogen (secondary N) is 2. The SMILES string of the molecule is CCc1cc2c(nc1NC(=O)c1ccc(F)cc1)c(OC(C)C)c(C(=O)NC1CCN(C(=O)CO)CC1)n2C. The molecule has 1 aromatic carbocycles. The summed E-state index contributed by atoms with van der Waals surface area (Å²) in [5, 5.41) is 15.0. The second-order valence-corrected chi connectivity index (χ2v) is 9.87. The summed E-state index contributed by atoms with van der Waals surface area (Å²) in [4.78, 5) is 44.5. The van der Waals surface area contributed by atoms with E-state index in [2.05, 4.69) is 10.6 Å². The van der Waals surface area contributed by atoms with E-state index < -0.39 is 18.3 Å². The molecular weight excluding hydrogens is 505 g/mol. The fourth-order valence-electron chi connectivity index (χ4n) is 4.74. The maximum atomic E-state index is 13.5. The van der Waals surface area contributed by atoms with E-state index in [0.717, 1.165) is 5.56 Å². The lowest BCUT2D eigenvalue weighted by Crippen LogP contribution is -2.47. The van der Waals surface area contributed by atoms with Gasteiger partial charge in [0.25, 0.3) is 11.8 Å². The number of rotatable bonds is 8. The molecule has 0 spiro atoms. The maximum absolute atomic E-state index is 13.5. The van der Waals surface area contributed by atoms with Crippen LogP contribution in [0.15, 0.2) is 30.3 Å². The van der Waals surface area contributed by atoms with Crippen molar-refractivity contribution in [3.8, 4) is 5.75 Å². The number of carbonyl (C=O) groups is 3. The Morgan fingerprint density at radius 2 is 1.82 bits per heavy atom. The van der Waals surface area contributed by atoms with Crippen LogP contribution in [0.1, 0.15) is 60.0 Å². The van der Waals surface area contributed by atoms with Gasteiger partial charge in [-0.1, -0.05) is 6.92 Å². The first-order chi connectivity index (χ1) is 18.6. The second kappa shape index (κ2) is 11.8. The highest BCUT2D eigenvalue weighted by Gasteiger charge is 2.29. The van der Waals surface area contributed by atoms with Gasteiger partial charge in [0.15, 0.2) is 11.4 Å². The second-order valence-electron chi connectivity index (χ2n) is 9.87. The third-order valence-electron chi connectivity index (χ3n) is 6.81. The van der Waals surface area contributed by atoms with Crippen molar-refractivity contribution in [3.05, 3.63) is 53.0 Å². The van der Waals surface area contributed by atoms with Crippen LogP contribution in [0.4, 0.5) is 10.2 Å². The summed E-state index contributed by atoms with van der Waals surface area (Å²) < 4.78 is 21.2. The Balaban J connectivity index is 1.66. The number of aromatic nitrogens is 2. The van der Waals surface area contributed by atoms with Crippen LogP contribution in [0.25, 0.3) is 11.0 Å². The van der Waals surface area contributed by atoms with Gasteiger partial charge in [-0.25, -0.2) is 9.37 Å². The van der Waals surface area contributed by atoms with Gasteiger partial charge in [0, 0.05) is 31.7 Å². The molecular formula is C28H34FN5O5. The maximum Gasteiger partial charge on any atom is 0.272 e. The molecule has 0 saturated carbocycles. The van der Waals surface area contributed by atoms with Gasteiger partial charge in [0.1, 0.15) is 23.8 Å². The van der Waals surface area contributed by atoms with Gasteiger partial charge in [-0.3, -0.25) is 14.4 Å². The minimum atomic E-state index is -0.526. The molecule has 3 heterocycles. The van der Waals surface area contributed by atoms with Gasteiger partial charge in [0.05, 0.1) is 11.6 Å². The van der Waals surface area contributed by atoms with Gasteiger partial charge in [-0.05, 0) is 69.0 Å². The number of aryl methyl sites for hydroxylation is 2. The first-order valence-electron chi connectivity index (χ1n) is 13.1. The Labute approximate surface area is 226 Å². The van der Waals surface area contributed by atoms with Crippen molar-refractivity contribution in [2.24, 2.45) is 7.05 Å². The van der Waals surface area contributed by atoms with Crippen LogP contribution in [0.2, 0.25) is 0 Å². The van der Waals surface area contributed by atoms with Crippen molar-refractivity contribution in [3.63, 3.8) is 0 Å². The molecule has 1 aliphatic rings. The summed E-state index contributed by atoms with van der Waals surface area (Å²) in [7, 11) is 1.77. The molecule has 3 amide bonds. The summed E-state index contributed by atoms with van der Waals surface area (Å²) in [6, 6.07) is 6.98. The first kappa shape index (κ1) is 28.0. The number of hydrogen-bond acceptors (Lipinski definition) is 6. The molecule has 3 N–H and O–H groups in total. The normalized spacial score (nSPS) is 14.1. The zero-order chi connectivity index (χ0) is 28.3. The average Bonchev–Trinajstić information content (AvgIpc) is 3.18. The number of likely N-dealkylation sites (tertiary alicyclic amines) is 1. The van der Waals surface area contributed by atoms with Gasteiger partial charge in [0.2, 0.25) is 5.91 Å². The number of ether oxygens (including phenoxy) is 1. The van der Waals surface area contributed by atoms with Crippen molar-refractivity contribution < 1.29 is 28.6 Å². The van der Waals surface area contributed by atoms with E-state index in [9.17, 15) is 18.8 Å². The van der Waals surface area contributed by atoms with Gasteiger partial charge < -0.3 is 29.9 Å². The number of aliphatic hydroxyl groups is 1. The predicted octanol–water partition coefficient (Wildman–Crippen LogP) is 3.03. The molecule has 208 valence electrons. The standard InChI is InChI=1S/C28H34FN5O5/c1-5-17-14-21-23(31-26(17)32-27(37)18-6-8-19(29)9-7-18)25(39-16(2)3)24(33(21)4)28(38)30-20-10-12-34(13-11-20)22(36)15-35/h6-9,14,16,20,35H,5,10-13,15H2,1-4H3,(H,30,38)(H,31,32,37). The van der Waals surface area contributed by atoms with Crippen molar-refractivity contribution >= 4 is 34.6 Å². The zero-order valence-corrected chi connectivity index (χ0v) is 22.6. The summed E-state index contributed by atoms with van der Waals surface area (Å²) in [6.07, 6.45) is 1.46. The van der Waals surface area contributed by atoms with Crippen LogP contribution < -0.4 is 15.4 Å². The van der Waals surface area contributed by atoms with Crippen LogP contribution in [0.3, 0.4) is 0 Å². The number of hydrogen-bond donors (Lipinski definition) is 3. The molecule has 1 fully saturated rings. The molecule has 1 aliphatic heterocycles. The predicted molar refractivity (Wildman–Crippen MR) is 144 cm³/mol. The number of nitrogens with zero attached hydrogens (tertiary/aromatic N) is 3. The summed E-state index contributed by atoms with van der Waals surface area (Å²) >= 11 is 0. The van der Waals surface area contributed by atoms with Gasteiger partial charge in [-0.15, -0.1) is 0 Å². The molecule has 0 unspecified atom stereocenters. The quantitative estimate of drug-likeness (QED) is 0.404. The van der Waals surface area contributed by atoms with E-state index in [1.165, 1.54) is 24.3 Å². The molecule has 4 rings (SSSR count). The lowest BCUT2D eigenvalue weighted by molar-refractivity contribution is -0.135. The topological polar surface area (TPSA) is 126 Å². The van der Waals surface area contributed by atoms with E-state index in [4.69, 9.17) is 14.8 Å². The molecule has 1 saturated heterocycles. The highest BCUT2D eigenvalue weighted by Crippen LogP contribution is 2.35. The van der Waals surface area contributed by atoms with Crippen LogP contribution in [0, 0.1) is 5.82 Å². The Morgan fingerprint density at radius 1 is 1.15 bits per heavy atom. The largest absolute Gasteiger partial charge is 0.486 e. The van der Waals surface area contributed by atoms with Crippen molar-refractivity contribution in [2.75, 3.05) is 25.0 Å². The summed E-state index contributed by atoms with van der Waals surface area (Å²) in [5.41, 5.74) is 2.48. The number of anilines is 1. The Hall–Kier alpha value is -3.99. The molecule has 0 atom stereocenters. The lowest BCUT2D eigenvalue weighted by Gasteiger charge is -2.32. The number of piperidine rings is 1. The number of fused-ring (bicyclic) bond motifs is 1. The van der Waals surface area contributed by atoms with E-state index in [0.29, 0.717) is 66.2 Å². The molecule has 11 heteroatoms. The van der Waals surface area contributed by atoms with E-state index in [-0.39, 0.29) is 24.0 Å². The number of benzene rings is 1. The molecule has 10 nitrogen and oxygen atoms in total. The molecule has 3 aromatic rings. The summed E-state index contributed by atoms with van der Waals surface area (Å²) in [6.45, 7) is 6.02. The molecule has 0 aliphatic carbocycles. The van der Waals surface area contributed by atoms with Crippen LogP contribution in [-0.2, 0) is 18.3 Å². The molecule has 0 radical (unpaired) electrons. The third-order valence-corrected chi connectivity index (χ3v) is 6.81. The Bertz CT molecular complexity index is 1380. The van der Waals surface area contributed by atoms with Crippen molar-refractivity contribution in [2.45, 2.75) is 52.2 Å². The average molecular weight is 540 g/mol. The molecule has 0 bridgehead atoms. The zero-order valence-electron chi connectivity index (χ0n) is 22.6. The van der Waals surface area contributed by atoms with Crippen molar-refractivity contribution in [1.82, 2.24) is 19.8 Å². The van der Waals surface area contributed by atoms with Gasteiger partial charge in [-0.2, -0.15) is 0 Å². The fourth-order valence-corrected chi connectivity index (χ4v) is 4.74. The minimum absolute atomic E-state index is 0.144. The number of pyridine rings is 1. The van der Waals surface area contributed by atoms with E-state index in [1.54, 1.807) is 16.5 Å². The molecule has 2 aromatic heterocycles. The fraction of sp³-hybridized carbons (Fsp3) is 0.429. The highest BCUT2D eigenvalue weighted by molar-refractivity contribution is 6.06. The number of carbonyl (C=O) groups excluding carboxylic acids is 3. The number of amides is 3. The smallest absolute Gasteiger partial charge is 0.272 e. The Morgan fingerprint density at radius 3 is 2.41 bits per heavy atom. The first-order valence-corrected chi connectivity index (χ1v) is 13.1.